The highest BCUT2D eigenvalue weighted by Gasteiger charge is 2.35. The van der Waals surface area contributed by atoms with E-state index in [9.17, 15) is 0 Å². The summed E-state index contributed by atoms with van der Waals surface area (Å²) in [5.74, 6) is 1.56. The van der Waals surface area contributed by atoms with Crippen LogP contribution in [0.2, 0.25) is 0 Å². The van der Waals surface area contributed by atoms with Gasteiger partial charge in [0.2, 0.25) is 0 Å². The fraction of sp³-hybridized carbons (Fsp3) is 0.350. The number of pyridine rings is 1. The van der Waals surface area contributed by atoms with Crippen LogP contribution in [0.15, 0.2) is 36.5 Å². The summed E-state index contributed by atoms with van der Waals surface area (Å²) < 4.78 is 0. The van der Waals surface area contributed by atoms with Gasteiger partial charge < -0.3 is 0 Å². The number of nitrogens with zero attached hydrogens (tertiary/aromatic N) is 1. The number of rotatable bonds is 0. The molecule has 5 rings (SSSR count). The minimum absolute atomic E-state index is 0.780. The Bertz CT molecular complexity index is 878. The van der Waals surface area contributed by atoms with Crippen molar-refractivity contribution in [2.45, 2.75) is 44.4 Å². The van der Waals surface area contributed by atoms with E-state index in [1.165, 1.54) is 52.9 Å². The van der Waals surface area contributed by atoms with E-state index in [0.29, 0.717) is 0 Å². The molecule has 0 radical (unpaired) electrons. The molecule has 21 heavy (non-hydrogen) atoms. The van der Waals surface area contributed by atoms with Crippen molar-refractivity contribution in [1.82, 2.24) is 4.98 Å². The lowest BCUT2D eigenvalue weighted by Gasteiger charge is -2.18. The summed E-state index contributed by atoms with van der Waals surface area (Å²) in [6, 6.07) is 11.1. The topological polar surface area (TPSA) is 12.9 Å². The van der Waals surface area contributed by atoms with Gasteiger partial charge in [-0.3, -0.25) is 4.98 Å². The van der Waals surface area contributed by atoms with Crippen molar-refractivity contribution in [3.8, 4) is 0 Å². The maximum Gasteiger partial charge on any atom is 0.0783 e. The standard InChI is InChI=1S/C20H19N/c1-12-9-17-19-14-6-4-5-13(10-14)18(19)11-21-20(17)16-8-3-2-7-15(12)16/h2-3,7-9,11,13-14H,4-6,10H2,1H3. The molecule has 1 heteroatoms. The molecule has 2 aliphatic rings. The van der Waals surface area contributed by atoms with Crippen LogP contribution in [0.1, 0.15) is 54.2 Å². The van der Waals surface area contributed by atoms with Crippen LogP contribution in [0.5, 0.6) is 0 Å². The maximum atomic E-state index is 4.88. The van der Waals surface area contributed by atoms with E-state index in [4.69, 9.17) is 4.98 Å². The molecule has 2 atom stereocenters. The van der Waals surface area contributed by atoms with Gasteiger partial charge in [0.25, 0.3) is 0 Å². The van der Waals surface area contributed by atoms with Gasteiger partial charge >= 0.3 is 0 Å². The van der Waals surface area contributed by atoms with E-state index in [1.54, 1.807) is 11.1 Å². The smallest absolute Gasteiger partial charge is 0.0783 e. The fourth-order valence-corrected chi connectivity index (χ4v) is 4.76. The Hall–Kier alpha value is -1.89. The molecule has 1 nitrogen and oxygen atoms in total. The summed E-state index contributed by atoms with van der Waals surface area (Å²) in [4.78, 5) is 4.88. The Kier molecular flexibility index (Phi) is 2.27. The number of hydrogen-bond acceptors (Lipinski definition) is 1. The first kappa shape index (κ1) is 11.7. The Labute approximate surface area is 125 Å². The first-order valence-corrected chi connectivity index (χ1v) is 8.14. The van der Waals surface area contributed by atoms with Crippen molar-refractivity contribution in [2.75, 3.05) is 0 Å². The number of aryl methyl sites for hydroxylation is 1. The monoisotopic (exact) mass is 273 g/mol. The Balaban J connectivity index is 1.95. The SMILES string of the molecule is Cc1cc2c3c(cnc2c2ccccc12)C1CCCC3C1. The lowest BCUT2D eigenvalue weighted by Crippen LogP contribution is -2.01. The van der Waals surface area contributed by atoms with Crippen LogP contribution >= 0.6 is 0 Å². The Morgan fingerprint density at radius 2 is 1.81 bits per heavy atom. The van der Waals surface area contributed by atoms with Crippen molar-refractivity contribution in [3.05, 3.63) is 53.2 Å². The zero-order valence-corrected chi connectivity index (χ0v) is 12.4. The molecule has 1 aromatic heterocycles. The van der Waals surface area contributed by atoms with Gasteiger partial charge in [-0.1, -0.05) is 30.7 Å². The molecule has 0 amide bonds. The molecular weight excluding hydrogens is 254 g/mol. The summed E-state index contributed by atoms with van der Waals surface area (Å²) in [6.45, 7) is 2.24. The normalized spacial score (nSPS) is 23.7. The molecule has 104 valence electrons. The minimum Gasteiger partial charge on any atom is -0.255 e. The van der Waals surface area contributed by atoms with Crippen LogP contribution in [0.3, 0.4) is 0 Å². The molecule has 0 aliphatic heterocycles. The largest absolute Gasteiger partial charge is 0.255 e. The van der Waals surface area contributed by atoms with Gasteiger partial charge in [0.05, 0.1) is 5.52 Å². The van der Waals surface area contributed by atoms with Crippen molar-refractivity contribution in [3.63, 3.8) is 0 Å². The predicted octanol–water partition coefficient (Wildman–Crippen LogP) is 5.45. The van der Waals surface area contributed by atoms with Crippen molar-refractivity contribution in [1.29, 1.82) is 0 Å². The third kappa shape index (κ3) is 1.49. The average molecular weight is 273 g/mol. The first-order valence-electron chi connectivity index (χ1n) is 8.14. The molecule has 2 unspecified atom stereocenters. The summed E-state index contributed by atoms with van der Waals surface area (Å²) >= 11 is 0. The van der Waals surface area contributed by atoms with Crippen molar-refractivity contribution in [2.24, 2.45) is 0 Å². The average Bonchev–Trinajstić information content (AvgIpc) is 2.78. The lowest BCUT2D eigenvalue weighted by atomic mass is 9.86. The zero-order chi connectivity index (χ0) is 14.0. The van der Waals surface area contributed by atoms with Gasteiger partial charge in [0, 0.05) is 17.0 Å². The van der Waals surface area contributed by atoms with Gasteiger partial charge in [0.15, 0.2) is 0 Å². The quantitative estimate of drug-likeness (QED) is 0.496. The molecule has 1 saturated carbocycles. The highest BCUT2D eigenvalue weighted by molar-refractivity contribution is 6.08. The molecule has 3 aromatic rings. The molecule has 2 bridgehead atoms. The maximum absolute atomic E-state index is 4.88. The summed E-state index contributed by atoms with van der Waals surface area (Å²) in [5, 5.41) is 4.09. The molecule has 1 heterocycles. The van der Waals surface area contributed by atoms with E-state index in [2.05, 4.69) is 43.5 Å². The van der Waals surface area contributed by atoms with Gasteiger partial charge in [-0.05, 0) is 66.2 Å². The van der Waals surface area contributed by atoms with Gasteiger partial charge in [-0.15, -0.1) is 0 Å². The van der Waals surface area contributed by atoms with Crippen LogP contribution in [0.4, 0.5) is 0 Å². The van der Waals surface area contributed by atoms with Crippen molar-refractivity contribution >= 4 is 21.7 Å². The van der Waals surface area contributed by atoms with E-state index in [1.807, 2.05) is 0 Å². The van der Waals surface area contributed by atoms with E-state index in [-0.39, 0.29) is 0 Å². The van der Waals surface area contributed by atoms with Crippen LogP contribution in [-0.4, -0.2) is 4.98 Å². The molecule has 0 saturated heterocycles. The molecular formula is C20H19N. The fourth-order valence-electron chi connectivity index (χ4n) is 4.76. The molecule has 1 fully saturated rings. The summed E-state index contributed by atoms with van der Waals surface area (Å²) in [5.41, 5.74) is 5.79. The van der Waals surface area contributed by atoms with Gasteiger partial charge in [-0.2, -0.15) is 0 Å². The number of aromatic nitrogens is 1. The molecule has 0 spiro atoms. The van der Waals surface area contributed by atoms with Crippen LogP contribution in [0, 0.1) is 6.92 Å². The highest BCUT2D eigenvalue weighted by atomic mass is 14.7. The molecule has 0 N–H and O–H groups in total. The predicted molar refractivity (Wildman–Crippen MR) is 87.9 cm³/mol. The van der Waals surface area contributed by atoms with Gasteiger partial charge in [-0.25, -0.2) is 0 Å². The second kappa shape index (κ2) is 4.07. The summed E-state index contributed by atoms with van der Waals surface area (Å²) in [6.07, 6.45) is 7.67. The first-order chi connectivity index (χ1) is 10.3. The third-order valence-corrected chi connectivity index (χ3v) is 5.68. The number of hydrogen-bond donors (Lipinski definition) is 0. The van der Waals surface area contributed by atoms with Crippen LogP contribution in [-0.2, 0) is 0 Å². The lowest BCUT2D eigenvalue weighted by molar-refractivity contribution is 0.436. The number of benzene rings is 2. The minimum atomic E-state index is 0.780. The molecule has 2 aromatic carbocycles. The third-order valence-electron chi connectivity index (χ3n) is 5.68. The van der Waals surface area contributed by atoms with Gasteiger partial charge in [0.1, 0.15) is 0 Å². The zero-order valence-electron chi connectivity index (χ0n) is 12.4. The Morgan fingerprint density at radius 1 is 1.00 bits per heavy atom. The van der Waals surface area contributed by atoms with E-state index in [0.717, 1.165) is 11.8 Å². The van der Waals surface area contributed by atoms with Crippen LogP contribution < -0.4 is 0 Å². The van der Waals surface area contributed by atoms with E-state index < -0.39 is 0 Å². The second-order valence-electron chi connectivity index (χ2n) is 6.82. The van der Waals surface area contributed by atoms with Crippen molar-refractivity contribution < 1.29 is 0 Å². The van der Waals surface area contributed by atoms with Crippen LogP contribution in [0.25, 0.3) is 21.7 Å². The summed E-state index contributed by atoms with van der Waals surface area (Å²) in [7, 11) is 0. The number of fused-ring (bicyclic) bond motifs is 9. The Morgan fingerprint density at radius 3 is 2.71 bits per heavy atom. The highest BCUT2D eigenvalue weighted by Crippen LogP contribution is 2.52. The van der Waals surface area contributed by atoms with E-state index >= 15 is 0 Å². The molecule has 2 aliphatic carbocycles. The second-order valence-corrected chi connectivity index (χ2v) is 6.82.